The molecule has 0 aliphatic heterocycles. The van der Waals surface area contributed by atoms with E-state index in [-0.39, 0.29) is 24.2 Å². The molecule has 0 atom stereocenters. The number of hydrogen-bond acceptors (Lipinski definition) is 5. The number of nitrogens with one attached hydrogen (secondary N) is 1. The van der Waals surface area contributed by atoms with E-state index in [1.807, 2.05) is 0 Å². The molecule has 0 saturated heterocycles. The molecule has 1 heterocycles. The lowest BCUT2D eigenvalue weighted by molar-refractivity contribution is -0.352. The summed E-state index contributed by atoms with van der Waals surface area (Å²) in [6.07, 6.45) is -3.37. The quantitative estimate of drug-likeness (QED) is 0.869. The summed E-state index contributed by atoms with van der Waals surface area (Å²) >= 11 is 0. The fourth-order valence-electron chi connectivity index (χ4n) is 4.38. The summed E-state index contributed by atoms with van der Waals surface area (Å²) in [5.41, 5.74) is -0.693. The minimum atomic E-state index is -4.62. The molecule has 4 aliphatic carbocycles. The van der Waals surface area contributed by atoms with Gasteiger partial charge in [-0.25, -0.2) is 4.79 Å². The highest BCUT2D eigenvalue weighted by atomic mass is 19.4. The van der Waals surface area contributed by atoms with Gasteiger partial charge < -0.3 is 14.8 Å². The normalized spacial score (nSPS) is 37.6. The summed E-state index contributed by atoms with van der Waals surface area (Å²) < 4.78 is 46.0. The molecule has 1 aromatic rings. The van der Waals surface area contributed by atoms with Crippen molar-refractivity contribution in [1.82, 2.24) is 15.5 Å². The maximum absolute atomic E-state index is 12.1. The molecule has 10 heteroatoms. The summed E-state index contributed by atoms with van der Waals surface area (Å²) in [5.74, 6) is 0.605. The Balaban J connectivity index is 1.37. The van der Waals surface area contributed by atoms with Crippen LogP contribution < -0.4 is 5.32 Å². The fraction of sp³-hybridized carbons (Fsp3) is 0.786. The van der Waals surface area contributed by atoms with Crippen LogP contribution in [-0.4, -0.2) is 39.4 Å². The first-order valence-corrected chi connectivity index (χ1v) is 7.78. The van der Waals surface area contributed by atoms with Crippen molar-refractivity contribution in [2.45, 2.75) is 67.9 Å². The van der Waals surface area contributed by atoms with E-state index in [0.717, 1.165) is 12.8 Å². The van der Waals surface area contributed by atoms with Gasteiger partial charge in [0.15, 0.2) is 0 Å². The summed E-state index contributed by atoms with van der Waals surface area (Å²) in [5, 5.41) is 19.5. The van der Waals surface area contributed by atoms with Crippen LogP contribution in [0.2, 0.25) is 0 Å². The van der Waals surface area contributed by atoms with Crippen molar-refractivity contribution >= 4 is 6.09 Å². The molecule has 5 rings (SSSR count). The van der Waals surface area contributed by atoms with Gasteiger partial charge in [0, 0.05) is 11.5 Å². The van der Waals surface area contributed by atoms with Crippen LogP contribution in [0.5, 0.6) is 0 Å². The second-order valence-electron chi connectivity index (χ2n) is 7.14. The summed E-state index contributed by atoms with van der Waals surface area (Å²) in [4.78, 5) is 10.8. The molecule has 1 amide bonds. The molecule has 0 aromatic carbocycles. The SMILES string of the molecule is O=C(O)NC12CCC(c3nnc([C@H]4C[C@@H](OC(F)(F)F)C4)o3)(C1)C2. The van der Waals surface area contributed by atoms with Gasteiger partial charge in [0.25, 0.3) is 0 Å². The van der Waals surface area contributed by atoms with Crippen LogP contribution in [0.25, 0.3) is 0 Å². The predicted molar refractivity (Wildman–Crippen MR) is 71.2 cm³/mol. The minimum absolute atomic E-state index is 0.207. The Morgan fingerprint density at radius 2 is 2.00 bits per heavy atom. The molecule has 0 spiro atoms. The number of hydrogen-bond donors (Lipinski definition) is 2. The standard InChI is InChI=1S/C14H16F3N3O4/c15-14(16,17)24-8-3-7(4-8)9-19-20-10(23-9)12-1-2-13(5-12,6-12)18-11(21)22/h7-8,18H,1-6H2,(H,21,22)/t7-,8+,12?,13?. The van der Waals surface area contributed by atoms with E-state index in [2.05, 4.69) is 20.3 Å². The van der Waals surface area contributed by atoms with Crippen LogP contribution in [0.4, 0.5) is 18.0 Å². The van der Waals surface area contributed by atoms with E-state index in [9.17, 15) is 18.0 Å². The zero-order chi connectivity index (χ0) is 17.2. The fourth-order valence-corrected chi connectivity index (χ4v) is 4.38. The molecule has 4 aliphatic rings. The number of carboxylic acid groups (broad SMARTS) is 1. The van der Waals surface area contributed by atoms with Gasteiger partial charge in [-0.15, -0.1) is 23.4 Å². The van der Waals surface area contributed by atoms with Crippen LogP contribution in [0.15, 0.2) is 4.42 Å². The number of alkyl halides is 3. The largest absolute Gasteiger partial charge is 0.522 e. The Kier molecular flexibility index (Phi) is 3.16. The Morgan fingerprint density at radius 3 is 2.62 bits per heavy atom. The minimum Gasteiger partial charge on any atom is -0.465 e. The molecule has 0 unspecified atom stereocenters. The number of carbonyl (C=O) groups is 1. The van der Waals surface area contributed by atoms with Gasteiger partial charge in [0.05, 0.1) is 11.5 Å². The number of rotatable bonds is 4. The molecule has 4 saturated carbocycles. The molecule has 1 aromatic heterocycles. The highest BCUT2D eigenvalue weighted by Crippen LogP contribution is 2.62. The number of aromatic nitrogens is 2. The van der Waals surface area contributed by atoms with Crippen LogP contribution >= 0.6 is 0 Å². The van der Waals surface area contributed by atoms with Crippen molar-refractivity contribution in [3.05, 3.63) is 11.8 Å². The van der Waals surface area contributed by atoms with E-state index in [1.165, 1.54) is 0 Å². The summed E-state index contributed by atoms with van der Waals surface area (Å²) in [7, 11) is 0. The third-order valence-corrected chi connectivity index (χ3v) is 5.45. The van der Waals surface area contributed by atoms with Crippen molar-refractivity contribution in [1.29, 1.82) is 0 Å². The Hall–Kier alpha value is -1.84. The van der Waals surface area contributed by atoms with Gasteiger partial charge in [0.2, 0.25) is 11.8 Å². The van der Waals surface area contributed by atoms with E-state index in [1.54, 1.807) is 0 Å². The Bertz CT molecular complexity index is 662. The van der Waals surface area contributed by atoms with Gasteiger partial charge >= 0.3 is 12.5 Å². The smallest absolute Gasteiger partial charge is 0.465 e. The molecule has 132 valence electrons. The first-order chi connectivity index (χ1) is 11.2. The highest BCUT2D eigenvalue weighted by Gasteiger charge is 2.65. The van der Waals surface area contributed by atoms with Crippen LogP contribution in [0.3, 0.4) is 0 Å². The third kappa shape index (κ3) is 2.52. The number of halogens is 3. The molecule has 24 heavy (non-hydrogen) atoms. The van der Waals surface area contributed by atoms with Crippen LogP contribution in [0, 0.1) is 0 Å². The van der Waals surface area contributed by atoms with E-state index in [4.69, 9.17) is 9.52 Å². The molecule has 2 bridgehead atoms. The van der Waals surface area contributed by atoms with Gasteiger partial charge in [-0.05, 0) is 38.5 Å². The molecule has 4 fully saturated rings. The molecule has 7 nitrogen and oxygen atoms in total. The molecular weight excluding hydrogens is 331 g/mol. The number of fused-ring (bicyclic) bond motifs is 1. The highest BCUT2D eigenvalue weighted by molar-refractivity contribution is 5.66. The van der Waals surface area contributed by atoms with Gasteiger partial charge in [-0.3, -0.25) is 4.74 Å². The molecule has 0 radical (unpaired) electrons. The van der Waals surface area contributed by atoms with Crippen LogP contribution in [-0.2, 0) is 10.2 Å². The van der Waals surface area contributed by atoms with Crippen molar-refractivity contribution < 1.29 is 32.2 Å². The van der Waals surface area contributed by atoms with Gasteiger partial charge in [-0.1, -0.05) is 0 Å². The zero-order valence-corrected chi connectivity index (χ0v) is 12.6. The van der Waals surface area contributed by atoms with E-state index >= 15 is 0 Å². The van der Waals surface area contributed by atoms with E-state index < -0.39 is 24.1 Å². The Morgan fingerprint density at radius 1 is 1.29 bits per heavy atom. The van der Waals surface area contributed by atoms with Crippen molar-refractivity contribution in [3.8, 4) is 0 Å². The average Bonchev–Trinajstić information content (AvgIpc) is 3.03. The summed E-state index contributed by atoms with van der Waals surface area (Å²) in [6.45, 7) is 0. The maximum Gasteiger partial charge on any atom is 0.522 e. The number of nitrogens with zero attached hydrogens (tertiary/aromatic N) is 2. The first-order valence-electron chi connectivity index (χ1n) is 7.78. The van der Waals surface area contributed by atoms with Crippen LogP contribution in [0.1, 0.15) is 56.2 Å². The maximum atomic E-state index is 12.1. The second kappa shape index (κ2) is 4.84. The lowest BCUT2D eigenvalue weighted by atomic mass is 9.65. The van der Waals surface area contributed by atoms with Crippen molar-refractivity contribution in [2.24, 2.45) is 0 Å². The Labute approximate surface area is 134 Å². The van der Waals surface area contributed by atoms with Crippen molar-refractivity contribution in [3.63, 3.8) is 0 Å². The topological polar surface area (TPSA) is 97.5 Å². The molecule has 2 N–H and O–H groups in total. The zero-order valence-electron chi connectivity index (χ0n) is 12.6. The summed E-state index contributed by atoms with van der Waals surface area (Å²) in [6, 6.07) is 0. The van der Waals surface area contributed by atoms with Gasteiger partial charge in [-0.2, -0.15) is 0 Å². The lowest BCUT2D eigenvalue weighted by Crippen LogP contribution is -2.57. The van der Waals surface area contributed by atoms with Gasteiger partial charge in [0.1, 0.15) is 0 Å². The van der Waals surface area contributed by atoms with Crippen molar-refractivity contribution in [2.75, 3.05) is 0 Å². The second-order valence-corrected chi connectivity index (χ2v) is 7.14. The average molecular weight is 347 g/mol. The van der Waals surface area contributed by atoms with E-state index in [0.29, 0.717) is 24.6 Å². The molecular formula is C14H16F3N3O4. The third-order valence-electron chi connectivity index (χ3n) is 5.45. The number of ether oxygens (including phenoxy) is 1. The lowest BCUT2D eigenvalue weighted by Gasteiger charge is -2.44. The number of amides is 1. The monoisotopic (exact) mass is 347 g/mol. The first kappa shape index (κ1) is 15.7. The predicted octanol–water partition coefficient (Wildman–Crippen LogP) is 2.68.